The van der Waals surface area contributed by atoms with Gasteiger partial charge < -0.3 is 25.5 Å². The molecule has 2 atom stereocenters. The van der Waals surface area contributed by atoms with Crippen molar-refractivity contribution in [1.82, 2.24) is 15.6 Å². The lowest BCUT2D eigenvalue weighted by Gasteiger charge is -2.21. The first-order chi connectivity index (χ1) is 17.0. The van der Waals surface area contributed by atoms with Gasteiger partial charge in [0.25, 0.3) is 0 Å². The third-order valence-corrected chi connectivity index (χ3v) is 6.23. The van der Waals surface area contributed by atoms with E-state index in [0.717, 1.165) is 27.9 Å². The fourth-order valence-electron chi connectivity index (χ4n) is 4.52. The number of nitrogens with one attached hydrogen (secondary N) is 3. The molecule has 182 valence electrons. The van der Waals surface area contributed by atoms with Crippen molar-refractivity contribution < 1.29 is 24.2 Å². The molecule has 0 saturated carbocycles. The monoisotopic (exact) mass is 475 g/mol. The Bertz CT molecular complexity index is 1150. The highest BCUT2D eigenvalue weighted by molar-refractivity contribution is 5.89. The Kier molecular flexibility index (Phi) is 7.50. The number of aliphatic carboxylic acids is 1. The Labute approximate surface area is 203 Å². The lowest BCUT2D eigenvalue weighted by atomic mass is 9.98. The molecule has 8 nitrogen and oxygen atoms in total. The van der Waals surface area contributed by atoms with Gasteiger partial charge in [0.15, 0.2) is 0 Å². The molecule has 1 heterocycles. The lowest BCUT2D eigenvalue weighted by Crippen LogP contribution is -2.52. The summed E-state index contributed by atoms with van der Waals surface area (Å²) >= 11 is 0. The minimum absolute atomic E-state index is 0.107. The number of ether oxygens (including phenoxy) is 1. The second-order valence-corrected chi connectivity index (χ2v) is 8.61. The molecule has 1 aromatic heterocycles. The number of H-pyrrole nitrogens is 1. The fourth-order valence-corrected chi connectivity index (χ4v) is 4.52. The number of carboxylic acids is 1. The summed E-state index contributed by atoms with van der Waals surface area (Å²) in [6.45, 7) is 1.96. The van der Waals surface area contributed by atoms with Gasteiger partial charge in [-0.2, -0.15) is 0 Å². The molecule has 0 radical (unpaired) electrons. The van der Waals surface area contributed by atoms with E-state index in [-0.39, 0.29) is 18.9 Å². The van der Waals surface area contributed by atoms with Crippen LogP contribution in [0.3, 0.4) is 0 Å². The first-order valence-corrected chi connectivity index (χ1v) is 11.7. The number of benzene rings is 2. The van der Waals surface area contributed by atoms with Crippen molar-refractivity contribution in [3.05, 3.63) is 83.7 Å². The molecule has 1 aliphatic carbocycles. The van der Waals surface area contributed by atoms with E-state index in [4.69, 9.17) is 4.74 Å². The number of hydrogen-bond acceptors (Lipinski definition) is 4. The van der Waals surface area contributed by atoms with Gasteiger partial charge in [-0.1, -0.05) is 61.9 Å². The Morgan fingerprint density at radius 1 is 0.943 bits per heavy atom. The average Bonchev–Trinajstić information content (AvgIpc) is 3.48. The number of alkyl carbamates (subject to hydrolysis) is 1. The maximum Gasteiger partial charge on any atom is 0.407 e. The van der Waals surface area contributed by atoms with E-state index >= 15 is 0 Å². The number of amides is 2. The van der Waals surface area contributed by atoms with Gasteiger partial charge in [-0.3, -0.25) is 4.79 Å². The SMILES string of the molecule is CCCC(NC(=O)C(Cc1ccc[nH]1)NC(=O)OCC1c2ccccc2-c2ccccc21)C(=O)O. The zero-order valence-corrected chi connectivity index (χ0v) is 19.5. The molecule has 3 aromatic rings. The van der Waals surface area contributed by atoms with Gasteiger partial charge in [-0.15, -0.1) is 0 Å². The van der Waals surface area contributed by atoms with Crippen LogP contribution in [-0.2, 0) is 20.7 Å². The number of aromatic amines is 1. The molecule has 35 heavy (non-hydrogen) atoms. The van der Waals surface area contributed by atoms with Crippen molar-refractivity contribution in [2.24, 2.45) is 0 Å². The first kappa shape index (κ1) is 24.1. The molecule has 0 saturated heterocycles. The van der Waals surface area contributed by atoms with Crippen molar-refractivity contribution in [3.63, 3.8) is 0 Å². The van der Waals surface area contributed by atoms with Crippen molar-refractivity contribution in [3.8, 4) is 11.1 Å². The van der Waals surface area contributed by atoms with Crippen LogP contribution in [0.1, 0.15) is 42.5 Å². The maximum absolute atomic E-state index is 12.9. The standard InChI is InChI=1S/C27H29N3O5/c1-2-8-23(26(32)33)29-25(31)24(15-17-9-7-14-28-17)30-27(34)35-16-22-20-12-5-3-10-18(20)19-11-4-6-13-21(19)22/h3-7,9-14,22-24,28H,2,8,15-16H2,1H3,(H,29,31)(H,30,34)(H,32,33). The Hall–Kier alpha value is -4.07. The summed E-state index contributed by atoms with van der Waals surface area (Å²) in [7, 11) is 0. The molecule has 4 N–H and O–H groups in total. The minimum atomic E-state index is -1.11. The van der Waals surface area contributed by atoms with E-state index in [2.05, 4.69) is 27.8 Å². The smallest absolute Gasteiger partial charge is 0.407 e. The molecule has 2 unspecified atom stereocenters. The van der Waals surface area contributed by atoms with Crippen LogP contribution in [0.5, 0.6) is 0 Å². The van der Waals surface area contributed by atoms with E-state index < -0.39 is 30.1 Å². The second kappa shape index (κ2) is 10.9. The van der Waals surface area contributed by atoms with E-state index in [1.165, 1.54) is 0 Å². The van der Waals surface area contributed by atoms with Crippen molar-refractivity contribution in [2.75, 3.05) is 6.61 Å². The largest absolute Gasteiger partial charge is 0.480 e. The molecule has 4 rings (SSSR count). The summed E-state index contributed by atoms with van der Waals surface area (Å²) in [5, 5.41) is 14.6. The third-order valence-electron chi connectivity index (χ3n) is 6.23. The quantitative estimate of drug-likeness (QED) is 0.355. The normalized spacial score (nSPS) is 13.9. The van der Waals surface area contributed by atoms with E-state index in [9.17, 15) is 19.5 Å². The molecular weight excluding hydrogens is 446 g/mol. The Morgan fingerprint density at radius 2 is 1.60 bits per heavy atom. The summed E-state index contributed by atoms with van der Waals surface area (Å²) < 4.78 is 5.58. The predicted molar refractivity (Wildman–Crippen MR) is 131 cm³/mol. The van der Waals surface area contributed by atoms with Crippen LogP contribution >= 0.6 is 0 Å². The van der Waals surface area contributed by atoms with Gasteiger partial charge in [0.2, 0.25) is 5.91 Å². The number of carbonyl (C=O) groups excluding carboxylic acids is 2. The van der Waals surface area contributed by atoms with Gasteiger partial charge in [-0.25, -0.2) is 9.59 Å². The molecule has 8 heteroatoms. The molecule has 0 spiro atoms. The molecule has 2 aromatic carbocycles. The topological polar surface area (TPSA) is 121 Å². The van der Waals surface area contributed by atoms with Crippen LogP contribution in [0.2, 0.25) is 0 Å². The van der Waals surface area contributed by atoms with Gasteiger partial charge >= 0.3 is 12.1 Å². The first-order valence-electron chi connectivity index (χ1n) is 11.7. The number of rotatable bonds is 10. The Morgan fingerprint density at radius 3 is 2.17 bits per heavy atom. The van der Waals surface area contributed by atoms with Crippen LogP contribution in [0.15, 0.2) is 66.9 Å². The number of carbonyl (C=O) groups is 3. The van der Waals surface area contributed by atoms with Crippen LogP contribution in [0.4, 0.5) is 4.79 Å². The number of fused-ring (bicyclic) bond motifs is 3. The highest BCUT2D eigenvalue weighted by Crippen LogP contribution is 2.44. The second-order valence-electron chi connectivity index (χ2n) is 8.61. The van der Waals surface area contributed by atoms with Crippen molar-refractivity contribution in [2.45, 2.75) is 44.2 Å². The van der Waals surface area contributed by atoms with E-state index in [1.54, 1.807) is 18.3 Å². The van der Waals surface area contributed by atoms with Gasteiger partial charge in [0.05, 0.1) is 0 Å². The minimum Gasteiger partial charge on any atom is -0.480 e. The van der Waals surface area contributed by atoms with Gasteiger partial charge in [0, 0.05) is 24.2 Å². The summed E-state index contributed by atoms with van der Waals surface area (Å²) in [4.78, 5) is 40.2. The summed E-state index contributed by atoms with van der Waals surface area (Å²) in [6.07, 6.45) is 2.04. The molecule has 0 bridgehead atoms. The number of aromatic nitrogens is 1. The van der Waals surface area contributed by atoms with E-state index in [1.807, 2.05) is 43.3 Å². The molecule has 2 amide bonds. The summed E-state index contributed by atoms with van der Waals surface area (Å²) in [6, 6.07) is 17.6. The molecule has 0 fully saturated rings. The van der Waals surface area contributed by atoms with Crippen LogP contribution in [0.25, 0.3) is 11.1 Å². The third kappa shape index (κ3) is 5.54. The molecule has 0 aliphatic heterocycles. The van der Waals surface area contributed by atoms with Crippen molar-refractivity contribution in [1.29, 1.82) is 0 Å². The molecular formula is C27H29N3O5. The maximum atomic E-state index is 12.9. The molecule has 1 aliphatic rings. The Balaban J connectivity index is 1.44. The predicted octanol–water partition coefficient (Wildman–Crippen LogP) is 3.83. The fraction of sp³-hybridized carbons (Fsp3) is 0.296. The van der Waals surface area contributed by atoms with Crippen LogP contribution < -0.4 is 10.6 Å². The summed E-state index contributed by atoms with van der Waals surface area (Å²) in [5.74, 6) is -1.79. The van der Waals surface area contributed by atoms with Crippen LogP contribution in [0, 0.1) is 0 Å². The number of carboxylic acid groups (broad SMARTS) is 1. The van der Waals surface area contributed by atoms with Gasteiger partial charge in [0.1, 0.15) is 18.7 Å². The average molecular weight is 476 g/mol. The van der Waals surface area contributed by atoms with Crippen molar-refractivity contribution >= 4 is 18.0 Å². The van der Waals surface area contributed by atoms with Crippen LogP contribution in [-0.4, -0.2) is 46.8 Å². The van der Waals surface area contributed by atoms with E-state index in [0.29, 0.717) is 12.8 Å². The highest BCUT2D eigenvalue weighted by atomic mass is 16.5. The zero-order chi connectivity index (χ0) is 24.8. The summed E-state index contributed by atoms with van der Waals surface area (Å²) in [5.41, 5.74) is 5.15. The van der Waals surface area contributed by atoms with Gasteiger partial charge in [-0.05, 0) is 40.8 Å². The zero-order valence-electron chi connectivity index (χ0n) is 19.5. The lowest BCUT2D eigenvalue weighted by molar-refractivity contribution is -0.142. The number of hydrogen-bond donors (Lipinski definition) is 4. The highest BCUT2D eigenvalue weighted by Gasteiger charge is 2.30.